The standard InChI is InChI=1S/C10H11NO2Te/c1-6-11-7-4-8(12-2)9(13-3)5-10(7)14-6/h4-5H,1-3H3. The second-order valence-corrected chi connectivity index (χ2v) is 6.43. The van der Waals surface area contributed by atoms with E-state index in [2.05, 4.69) is 18.0 Å². The van der Waals surface area contributed by atoms with Crippen molar-refractivity contribution in [3.05, 3.63) is 15.8 Å². The molecule has 3 nitrogen and oxygen atoms in total. The monoisotopic (exact) mass is 307 g/mol. The molecule has 0 saturated carbocycles. The fourth-order valence-electron chi connectivity index (χ4n) is 1.37. The predicted molar refractivity (Wildman–Crippen MR) is 56.5 cm³/mol. The van der Waals surface area contributed by atoms with Crippen LogP contribution in [0.2, 0.25) is 0 Å². The molecule has 0 bridgehead atoms. The Kier molecular flexibility index (Phi) is 2.66. The summed E-state index contributed by atoms with van der Waals surface area (Å²) in [5.74, 6) is 1.57. The van der Waals surface area contributed by atoms with Gasteiger partial charge in [-0.3, -0.25) is 0 Å². The van der Waals surface area contributed by atoms with Gasteiger partial charge in [0.05, 0.1) is 0 Å². The van der Waals surface area contributed by atoms with Crippen LogP contribution in [0.15, 0.2) is 12.1 Å². The Bertz CT molecular complexity index is 423. The SMILES string of the molecule is COc1cc2nc(C)[te]c2cc1OC. The topological polar surface area (TPSA) is 31.4 Å². The molecule has 74 valence electrons. The molecule has 2 rings (SSSR count). The van der Waals surface area contributed by atoms with Crippen LogP contribution in [0.5, 0.6) is 11.5 Å². The van der Waals surface area contributed by atoms with E-state index in [4.69, 9.17) is 9.47 Å². The molecule has 0 amide bonds. The number of aryl methyl sites for hydroxylation is 1. The quantitative estimate of drug-likeness (QED) is 0.790. The average molecular weight is 305 g/mol. The molecule has 1 aromatic carbocycles. The summed E-state index contributed by atoms with van der Waals surface area (Å²) in [5, 5.41) is 0. The Labute approximate surface area is 92.3 Å². The Morgan fingerprint density at radius 3 is 2.43 bits per heavy atom. The molecule has 1 aromatic heterocycles. The maximum absolute atomic E-state index is 5.24. The van der Waals surface area contributed by atoms with E-state index in [0.29, 0.717) is 0 Å². The molecule has 0 spiro atoms. The van der Waals surface area contributed by atoms with Crippen LogP contribution in [0, 0.1) is 6.92 Å². The first kappa shape index (κ1) is 9.82. The van der Waals surface area contributed by atoms with Gasteiger partial charge in [-0.2, -0.15) is 0 Å². The average Bonchev–Trinajstić information content (AvgIpc) is 2.54. The zero-order valence-electron chi connectivity index (χ0n) is 8.33. The molecule has 14 heavy (non-hydrogen) atoms. The summed E-state index contributed by atoms with van der Waals surface area (Å²) in [6.07, 6.45) is 0. The van der Waals surface area contributed by atoms with Crippen molar-refractivity contribution < 1.29 is 9.47 Å². The van der Waals surface area contributed by atoms with Gasteiger partial charge >= 0.3 is 92.3 Å². The number of methoxy groups -OCH3 is 2. The number of nitrogens with zero attached hydrogens (tertiary/aromatic N) is 1. The van der Waals surface area contributed by atoms with Crippen molar-refractivity contribution >= 4 is 29.3 Å². The minimum absolute atomic E-state index is 0.245. The summed E-state index contributed by atoms with van der Waals surface area (Å²) in [5.41, 5.74) is 1.06. The normalized spacial score (nSPS) is 10.5. The first-order chi connectivity index (χ1) is 6.74. The van der Waals surface area contributed by atoms with Crippen LogP contribution in [-0.4, -0.2) is 39.6 Å². The van der Waals surface area contributed by atoms with Crippen LogP contribution < -0.4 is 9.47 Å². The molecule has 0 aliphatic carbocycles. The van der Waals surface area contributed by atoms with Gasteiger partial charge in [0, 0.05) is 0 Å². The van der Waals surface area contributed by atoms with Gasteiger partial charge in [0.2, 0.25) is 0 Å². The first-order valence-corrected chi connectivity index (χ1v) is 6.57. The van der Waals surface area contributed by atoms with Gasteiger partial charge in [0.1, 0.15) is 0 Å². The molecule has 1 heterocycles. The molecule has 0 unspecified atom stereocenters. The number of hydrogen-bond donors (Lipinski definition) is 0. The fourth-order valence-corrected chi connectivity index (χ4v) is 3.76. The van der Waals surface area contributed by atoms with E-state index in [1.54, 1.807) is 14.2 Å². The van der Waals surface area contributed by atoms with Crippen molar-refractivity contribution in [2.24, 2.45) is 0 Å². The van der Waals surface area contributed by atoms with E-state index in [-0.39, 0.29) is 20.4 Å². The summed E-state index contributed by atoms with van der Waals surface area (Å²) in [6.45, 7) is 2.08. The predicted octanol–water partition coefficient (Wildman–Crippen LogP) is 1.62. The van der Waals surface area contributed by atoms with E-state index in [1.165, 1.54) is 7.11 Å². The van der Waals surface area contributed by atoms with E-state index < -0.39 is 0 Å². The number of rotatable bonds is 2. The molecular formula is C10H11NO2Te. The van der Waals surface area contributed by atoms with Gasteiger partial charge in [-0.25, -0.2) is 0 Å². The maximum atomic E-state index is 5.24. The fraction of sp³-hybridized carbons (Fsp3) is 0.300. The minimum atomic E-state index is -0.245. The number of fused-ring (bicyclic) bond motifs is 1. The molecule has 0 atom stereocenters. The molecule has 0 aliphatic rings. The van der Waals surface area contributed by atoms with Gasteiger partial charge in [-0.15, -0.1) is 0 Å². The van der Waals surface area contributed by atoms with Gasteiger partial charge in [0.25, 0.3) is 0 Å². The Balaban J connectivity index is 2.68. The molecule has 0 aliphatic heterocycles. The van der Waals surface area contributed by atoms with Crippen LogP contribution >= 0.6 is 0 Å². The van der Waals surface area contributed by atoms with Crippen LogP contribution in [0.25, 0.3) is 8.92 Å². The summed E-state index contributed by atoms with van der Waals surface area (Å²) < 4.78 is 13.1. The van der Waals surface area contributed by atoms with E-state index in [9.17, 15) is 0 Å². The summed E-state index contributed by atoms with van der Waals surface area (Å²) in [7, 11) is 3.31. The van der Waals surface area contributed by atoms with Crippen molar-refractivity contribution in [1.29, 1.82) is 0 Å². The van der Waals surface area contributed by atoms with E-state index in [0.717, 1.165) is 17.0 Å². The van der Waals surface area contributed by atoms with Crippen LogP contribution in [0.3, 0.4) is 0 Å². The molecular weight excluding hydrogens is 294 g/mol. The third kappa shape index (κ3) is 1.60. The van der Waals surface area contributed by atoms with Crippen molar-refractivity contribution in [3.63, 3.8) is 0 Å². The van der Waals surface area contributed by atoms with E-state index >= 15 is 0 Å². The van der Waals surface area contributed by atoms with Crippen LogP contribution in [0.1, 0.15) is 3.71 Å². The summed E-state index contributed by atoms with van der Waals surface area (Å²) in [6, 6.07) is 4.01. The Morgan fingerprint density at radius 1 is 1.14 bits per heavy atom. The number of aromatic nitrogens is 1. The second-order valence-electron chi connectivity index (χ2n) is 2.91. The van der Waals surface area contributed by atoms with Gasteiger partial charge < -0.3 is 0 Å². The van der Waals surface area contributed by atoms with Crippen molar-refractivity contribution in [2.45, 2.75) is 6.92 Å². The molecule has 4 heteroatoms. The van der Waals surface area contributed by atoms with Crippen molar-refractivity contribution in [1.82, 2.24) is 4.98 Å². The zero-order valence-corrected chi connectivity index (χ0v) is 10.7. The summed E-state index contributed by atoms with van der Waals surface area (Å²) in [4.78, 5) is 4.47. The van der Waals surface area contributed by atoms with Crippen LogP contribution in [0.4, 0.5) is 0 Å². The zero-order chi connectivity index (χ0) is 10.1. The van der Waals surface area contributed by atoms with Crippen LogP contribution in [-0.2, 0) is 0 Å². The van der Waals surface area contributed by atoms with Gasteiger partial charge in [-0.05, 0) is 0 Å². The summed E-state index contributed by atoms with van der Waals surface area (Å²) >= 11 is -0.245. The molecule has 0 saturated heterocycles. The van der Waals surface area contributed by atoms with E-state index in [1.807, 2.05) is 6.07 Å². The molecule has 0 N–H and O–H groups in total. The van der Waals surface area contributed by atoms with Crippen molar-refractivity contribution in [3.8, 4) is 11.5 Å². The Morgan fingerprint density at radius 2 is 1.79 bits per heavy atom. The first-order valence-electron chi connectivity index (χ1n) is 4.23. The molecule has 0 radical (unpaired) electrons. The third-order valence-corrected chi connectivity index (χ3v) is 4.67. The number of hydrogen-bond acceptors (Lipinski definition) is 3. The molecule has 2 aromatic rings. The Hall–Kier alpha value is -0.720. The van der Waals surface area contributed by atoms with Gasteiger partial charge in [-0.1, -0.05) is 0 Å². The second kappa shape index (κ2) is 3.80. The number of ether oxygens (including phenoxy) is 2. The molecule has 0 fully saturated rings. The number of benzene rings is 1. The van der Waals surface area contributed by atoms with Crippen molar-refractivity contribution in [2.75, 3.05) is 14.2 Å². The third-order valence-electron chi connectivity index (χ3n) is 2.00. The van der Waals surface area contributed by atoms with Gasteiger partial charge in [0.15, 0.2) is 0 Å².